The van der Waals surface area contributed by atoms with Gasteiger partial charge in [0.2, 0.25) is 0 Å². The lowest BCUT2D eigenvalue weighted by molar-refractivity contribution is 0.754. The summed E-state index contributed by atoms with van der Waals surface area (Å²) in [6.07, 6.45) is 14.0. The van der Waals surface area contributed by atoms with Gasteiger partial charge in [-0.2, -0.15) is 0 Å². The quantitative estimate of drug-likeness (QED) is 0.564. The molecule has 3 rings (SSSR count). The third-order valence-electron chi connectivity index (χ3n) is 4.95. The second kappa shape index (κ2) is 9.31. The van der Waals surface area contributed by atoms with Crippen LogP contribution < -0.4 is 10.6 Å². The van der Waals surface area contributed by atoms with E-state index in [-0.39, 0.29) is 0 Å². The largest absolute Gasteiger partial charge is 0.381 e. The van der Waals surface area contributed by atoms with E-state index in [9.17, 15) is 0 Å². The molecule has 0 amide bonds. The maximum atomic E-state index is 7.80. The van der Waals surface area contributed by atoms with Crippen LogP contribution >= 0.6 is 0 Å². The number of aromatic nitrogens is 2. The molecule has 1 fully saturated rings. The summed E-state index contributed by atoms with van der Waals surface area (Å²) >= 11 is 0. The highest BCUT2D eigenvalue weighted by atomic mass is 14.9. The average Bonchev–Trinajstić information content (AvgIpc) is 3.17. The summed E-state index contributed by atoms with van der Waals surface area (Å²) in [7, 11) is 0. The molecule has 0 saturated heterocycles. The molecule has 5 heteroatoms. The van der Waals surface area contributed by atoms with Gasteiger partial charge < -0.3 is 16.0 Å². The lowest BCUT2D eigenvalue weighted by Crippen LogP contribution is -2.15. The maximum Gasteiger partial charge on any atom is 0.0762 e. The molecular formula is C22H29N5. The van der Waals surface area contributed by atoms with Gasteiger partial charge in [0.15, 0.2) is 0 Å². The predicted molar refractivity (Wildman–Crippen MR) is 113 cm³/mol. The first-order valence-electron chi connectivity index (χ1n) is 9.85. The van der Waals surface area contributed by atoms with E-state index in [1.54, 1.807) is 0 Å². The summed E-state index contributed by atoms with van der Waals surface area (Å²) in [4.78, 5) is 8.99. The second-order valence-corrected chi connectivity index (χ2v) is 7.19. The second-order valence-electron chi connectivity index (χ2n) is 7.19. The summed E-state index contributed by atoms with van der Waals surface area (Å²) in [5, 5.41) is 14.7. The van der Waals surface area contributed by atoms with Gasteiger partial charge in [-0.3, -0.25) is 9.97 Å². The Morgan fingerprint density at radius 1 is 1.22 bits per heavy atom. The fraction of sp³-hybridized carbons (Fsp3) is 0.409. The average molecular weight is 364 g/mol. The van der Waals surface area contributed by atoms with Crippen molar-refractivity contribution in [3.63, 3.8) is 0 Å². The van der Waals surface area contributed by atoms with Crippen LogP contribution in [-0.2, 0) is 6.42 Å². The molecule has 1 aliphatic carbocycles. The number of aryl methyl sites for hydroxylation is 2. The normalized spacial score (nSPS) is 15.0. The Morgan fingerprint density at radius 2 is 2.04 bits per heavy atom. The first-order chi connectivity index (χ1) is 13.2. The van der Waals surface area contributed by atoms with E-state index in [1.807, 2.05) is 31.6 Å². The molecule has 2 heterocycles. The van der Waals surface area contributed by atoms with Gasteiger partial charge in [-0.05, 0) is 49.9 Å². The molecule has 2 aromatic heterocycles. The van der Waals surface area contributed by atoms with Crippen molar-refractivity contribution in [1.82, 2.24) is 9.97 Å². The molecule has 0 unspecified atom stereocenters. The Balaban J connectivity index is 1.73. The van der Waals surface area contributed by atoms with Crippen LogP contribution in [0.4, 0.5) is 11.4 Å². The molecule has 142 valence electrons. The lowest BCUT2D eigenvalue weighted by atomic mass is 10.1. The van der Waals surface area contributed by atoms with Gasteiger partial charge in [0.25, 0.3) is 0 Å². The van der Waals surface area contributed by atoms with Crippen molar-refractivity contribution in [2.45, 2.75) is 58.4 Å². The first-order valence-corrected chi connectivity index (χ1v) is 9.85. The predicted octanol–water partition coefficient (Wildman–Crippen LogP) is 5.19. The van der Waals surface area contributed by atoms with Crippen molar-refractivity contribution in [2.75, 3.05) is 10.6 Å². The molecule has 0 radical (unpaired) electrons. The van der Waals surface area contributed by atoms with E-state index in [0.717, 1.165) is 46.7 Å². The highest BCUT2D eigenvalue weighted by Gasteiger charge is 2.15. The third-order valence-corrected chi connectivity index (χ3v) is 4.95. The lowest BCUT2D eigenvalue weighted by Gasteiger charge is -2.15. The highest BCUT2D eigenvalue weighted by Crippen LogP contribution is 2.24. The van der Waals surface area contributed by atoms with Crippen molar-refractivity contribution in [3.8, 4) is 0 Å². The summed E-state index contributed by atoms with van der Waals surface area (Å²) in [6.45, 7) is 4.19. The van der Waals surface area contributed by atoms with Crippen molar-refractivity contribution >= 4 is 23.2 Å². The summed E-state index contributed by atoms with van der Waals surface area (Å²) in [6, 6.07) is 6.69. The minimum Gasteiger partial charge on any atom is -0.381 e. The summed E-state index contributed by atoms with van der Waals surface area (Å²) in [5.74, 6) is 0. The van der Waals surface area contributed by atoms with Crippen LogP contribution in [0.5, 0.6) is 0 Å². The molecule has 0 aromatic carbocycles. The van der Waals surface area contributed by atoms with Crippen LogP contribution in [0.3, 0.4) is 0 Å². The Bertz CT molecular complexity index is 806. The molecule has 0 bridgehead atoms. The number of hydrogen-bond donors (Lipinski definition) is 3. The Kier molecular flexibility index (Phi) is 6.58. The Labute approximate surface area is 161 Å². The van der Waals surface area contributed by atoms with Gasteiger partial charge in [-0.25, -0.2) is 0 Å². The van der Waals surface area contributed by atoms with Crippen LogP contribution in [0.25, 0.3) is 5.57 Å². The Hall–Kier alpha value is -2.69. The summed E-state index contributed by atoms with van der Waals surface area (Å²) in [5.41, 5.74) is 5.77. The van der Waals surface area contributed by atoms with Gasteiger partial charge in [0, 0.05) is 41.6 Å². The van der Waals surface area contributed by atoms with Crippen molar-refractivity contribution in [1.29, 1.82) is 5.41 Å². The molecule has 2 aromatic rings. The monoisotopic (exact) mass is 363 g/mol. The van der Waals surface area contributed by atoms with Crippen LogP contribution in [0, 0.1) is 12.3 Å². The number of nitrogens with one attached hydrogen (secondary N) is 3. The fourth-order valence-corrected chi connectivity index (χ4v) is 3.56. The Morgan fingerprint density at radius 3 is 2.74 bits per heavy atom. The molecule has 0 aliphatic heterocycles. The topological polar surface area (TPSA) is 73.7 Å². The van der Waals surface area contributed by atoms with E-state index < -0.39 is 0 Å². The SMILES string of the molecule is CCCc1cc(N/C=C(\C=N)c2ncc(NC3CCCC3)cc2C)ccn1. The van der Waals surface area contributed by atoms with Gasteiger partial charge in [-0.1, -0.05) is 26.2 Å². The van der Waals surface area contributed by atoms with Crippen LogP contribution in [0.15, 0.2) is 36.8 Å². The van der Waals surface area contributed by atoms with Gasteiger partial charge in [0.05, 0.1) is 17.6 Å². The minimum absolute atomic E-state index is 0.570. The van der Waals surface area contributed by atoms with Crippen molar-refractivity contribution < 1.29 is 0 Å². The van der Waals surface area contributed by atoms with Gasteiger partial charge in [-0.15, -0.1) is 0 Å². The number of nitrogens with zero attached hydrogens (tertiary/aromatic N) is 2. The molecule has 0 atom stereocenters. The van der Waals surface area contributed by atoms with E-state index >= 15 is 0 Å². The molecule has 1 saturated carbocycles. The van der Waals surface area contributed by atoms with Crippen LogP contribution in [0.2, 0.25) is 0 Å². The highest BCUT2D eigenvalue weighted by molar-refractivity contribution is 6.08. The minimum atomic E-state index is 0.570. The maximum absolute atomic E-state index is 7.80. The molecule has 0 spiro atoms. The van der Waals surface area contributed by atoms with E-state index in [4.69, 9.17) is 5.41 Å². The summed E-state index contributed by atoms with van der Waals surface area (Å²) < 4.78 is 0. The van der Waals surface area contributed by atoms with E-state index in [0.29, 0.717) is 6.04 Å². The molecule has 5 nitrogen and oxygen atoms in total. The zero-order valence-corrected chi connectivity index (χ0v) is 16.3. The molecule has 27 heavy (non-hydrogen) atoms. The van der Waals surface area contributed by atoms with Crippen molar-refractivity contribution in [2.24, 2.45) is 0 Å². The van der Waals surface area contributed by atoms with E-state index in [2.05, 4.69) is 39.7 Å². The number of rotatable bonds is 8. The van der Waals surface area contributed by atoms with E-state index in [1.165, 1.54) is 31.9 Å². The first kappa shape index (κ1) is 19.1. The number of allylic oxidation sites excluding steroid dienone is 1. The number of pyridine rings is 2. The van der Waals surface area contributed by atoms with Gasteiger partial charge >= 0.3 is 0 Å². The smallest absolute Gasteiger partial charge is 0.0762 e. The third kappa shape index (κ3) is 5.16. The number of hydrogen-bond acceptors (Lipinski definition) is 5. The zero-order valence-electron chi connectivity index (χ0n) is 16.3. The molecule has 3 N–H and O–H groups in total. The standard InChI is InChI=1S/C22H29N5/c1-3-6-19-12-20(9-10-24-19)25-14-17(13-23)22-16(2)11-21(15-26-22)27-18-7-4-5-8-18/h9-15,18,23,27H,3-8H2,1-2H3,(H,24,25)/b17-14+,23-13?. The number of anilines is 2. The molecular weight excluding hydrogens is 334 g/mol. The van der Waals surface area contributed by atoms with Gasteiger partial charge in [0.1, 0.15) is 0 Å². The van der Waals surface area contributed by atoms with Crippen LogP contribution in [0.1, 0.15) is 56.0 Å². The fourth-order valence-electron chi connectivity index (χ4n) is 3.56. The molecule has 1 aliphatic rings. The van der Waals surface area contributed by atoms with Crippen molar-refractivity contribution in [3.05, 3.63) is 53.7 Å². The zero-order chi connectivity index (χ0) is 19.1. The van der Waals surface area contributed by atoms with Crippen LogP contribution in [-0.4, -0.2) is 22.2 Å².